The van der Waals surface area contributed by atoms with Crippen molar-refractivity contribution in [3.8, 4) is 0 Å². The van der Waals surface area contributed by atoms with Gasteiger partial charge in [0.1, 0.15) is 0 Å². The molecule has 4 rings (SSSR count). The Bertz CT molecular complexity index is 1240. The largest absolute Gasteiger partial charge is 0.398 e. The Hall–Kier alpha value is -2.92. The lowest BCUT2D eigenvalue weighted by atomic mass is 10.1. The van der Waals surface area contributed by atoms with Gasteiger partial charge in [-0.2, -0.15) is 9.97 Å². The lowest BCUT2D eigenvalue weighted by molar-refractivity contribution is 0.0748. The van der Waals surface area contributed by atoms with Crippen molar-refractivity contribution >= 4 is 51.2 Å². The second-order valence-electron chi connectivity index (χ2n) is 8.61. The van der Waals surface area contributed by atoms with E-state index in [1.165, 1.54) is 0 Å². The lowest BCUT2D eigenvalue weighted by Gasteiger charge is -2.17. The third-order valence-corrected chi connectivity index (χ3v) is 5.90. The zero-order valence-electron chi connectivity index (χ0n) is 18.7. The minimum absolute atomic E-state index is 0.486. The number of nitrogens with one attached hydrogen (secondary N) is 2. The van der Waals surface area contributed by atoms with Crippen LogP contribution in [0.4, 0.5) is 17.5 Å². The van der Waals surface area contributed by atoms with E-state index < -0.39 is 5.60 Å². The molecule has 8 nitrogen and oxygen atoms in total. The number of nitrogens with zero attached hydrogens (tertiary/aromatic N) is 4. The zero-order valence-corrected chi connectivity index (χ0v) is 20.9. The molecule has 0 saturated heterocycles. The van der Waals surface area contributed by atoms with Crippen LogP contribution in [0.2, 0.25) is 0 Å². The first-order valence-electron chi connectivity index (χ1n) is 10.8. The zero-order chi connectivity index (χ0) is 23.4. The first-order chi connectivity index (χ1) is 15.8. The SMILES string of the molecule is CC(C)(O)CCNc1nc(NCc2cc(I)ccc2N)c2ncn(Cc3ccccc3)c2n1. The third kappa shape index (κ3) is 6.11. The molecule has 0 bridgehead atoms. The van der Waals surface area contributed by atoms with Gasteiger partial charge in [0, 0.05) is 22.3 Å². The van der Waals surface area contributed by atoms with Crippen LogP contribution in [0.15, 0.2) is 54.9 Å². The maximum absolute atomic E-state index is 10.0. The van der Waals surface area contributed by atoms with Crippen LogP contribution in [0.5, 0.6) is 0 Å². The van der Waals surface area contributed by atoms with Crippen molar-refractivity contribution < 1.29 is 5.11 Å². The summed E-state index contributed by atoms with van der Waals surface area (Å²) >= 11 is 2.28. The van der Waals surface area contributed by atoms with E-state index in [1.54, 1.807) is 20.2 Å². The van der Waals surface area contributed by atoms with Gasteiger partial charge < -0.3 is 26.0 Å². The first-order valence-corrected chi connectivity index (χ1v) is 11.9. The molecule has 0 spiro atoms. The summed E-state index contributed by atoms with van der Waals surface area (Å²) in [6.45, 7) is 5.29. The molecule has 0 fully saturated rings. The van der Waals surface area contributed by atoms with Gasteiger partial charge in [-0.15, -0.1) is 0 Å². The molecule has 172 valence electrons. The van der Waals surface area contributed by atoms with Gasteiger partial charge in [0.15, 0.2) is 17.0 Å². The van der Waals surface area contributed by atoms with Gasteiger partial charge >= 0.3 is 0 Å². The molecule has 0 atom stereocenters. The summed E-state index contributed by atoms with van der Waals surface area (Å²) in [6.07, 6.45) is 2.36. The van der Waals surface area contributed by atoms with Crippen molar-refractivity contribution in [1.29, 1.82) is 0 Å². The number of halogens is 1. The monoisotopic (exact) mass is 557 g/mol. The van der Waals surface area contributed by atoms with Crippen LogP contribution in [-0.4, -0.2) is 36.8 Å². The van der Waals surface area contributed by atoms with Crippen LogP contribution in [0.3, 0.4) is 0 Å². The van der Waals surface area contributed by atoms with E-state index in [2.05, 4.69) is 61.4 Å². The molecule has 0 saturated carbocycles. The molecule has 5 N–H and O–H groups in total. The highest BCUT2D eigenvalue weighted by molar-refractivity contribution is 14.1. The maximum Gasteiger partial charge on any atom is 0.226 e. The topological polar surface area (TPSA) is 114 Å². The van der Waals surface area contributed by atoms with Crippen LogP contribution in [0.25, 0.3) is 11.2 Å². The van der Waals surface area contributed by atoms with E-state index in [1.807, 2.05) is 34.9 Å². The Morgan fingerprint density at radius 1 is 1.09 bits per heavy atom. The summed E-state index contributed by atoms with van der Waals surface area (Å²) < 4.78 is 3.13. The second kappa shape index (κ2) is 9.92. The Morgan fingerprint density at radius 3 is 2.64 bits per heavy atom. The van der Waals surface area contributed by atoms with Crippen molar-refractivity contribution in [2.45, 2.75) is 39.0 Å². The fourth-order valence-corrected chi connectivity index (χ4v) is 3.98. The van der Waals surface area contributed by atoms with Crippen molar-refractivity contribution in [2.75, 3.05) is 22.9 Å². The quantitative estimate of drug-likeness (QED) is 0.180. The number of imidazole rings is 1. The Balaban J connectivity index is 1.65. The summed E-state index contributed by atoms with van der Waals surface area (Å²) in [4.78, 5) is 14.0. The van der Waals surface area contributed by atoms with E-state index in [0.717, 1.165) is 26.0 Å². The van der Waals surface area contributed by atoms with Gasteiger partial charge in [-0.25, -0.2) is 4.98 Å². The van der Waals surface area contributed by atoms with Gasteiger partial charge in [-0.1, -0.05) is 30.3 Å². The molecule has 33 heavy (non-hydrogen) atoms. The molecule has 0 amide bonds. The highest BCUT2D eigenvalue weighted by Crippen LogP contribution is 2.24. The predicted molar refractivity (Wildman–Crippen MR) is 141 cm³/mol. The van der Waals surface area contributed by atoms with Gasteiger partial charge in [0.05, 0.1) is 18.5 Å². The fourth-order valence-electron chi connectivity index (χ4n) is 3.43. The lowest BCUT2D eigenvalue weighted by Crippen LogP contribution is -2.23. The molecular weight excluding hydrogens is 529 g/mol. The second-order valence-corrected chi connectivity index (χ2v) is 9.86. The first kappa shape index (κ1) is 23.2. The number of rotatable bonds is 9. The smallest absolute Gasteiger partial charge is 0.226 e. The summed E-state index contributed by atoms with van der Waals surface area (Å²) in [6, 6.07) is 16.1. The van der Waals surface area contributed by atoms with Gasteiger partial charge in [0.2, 0.25) is 5.95 Å². The Morgan fingerprint density at radius 2 is 1.88 bits per heavy atom. The van der Waals surface area contributed by atoms with Crippen LogP contribution in [0, 0.1) is 3.57 Å². The molecule has 4 aromatic rings. The number of anilines is 3. The molecule has 2 aromatic carbocycles. The van der Waals surface area contributed by atoms with Crippen molar-refractivity contribution in [1.82, 2.24) is 19.5 Å². The molecule has 0 radical (unpaired) electrons. The van der Waals surface area contributed by atoms with Crippen molar-refractivity contribution in [3.05, 3.63) is 69.6 Å². The van der Waals surface area contributed by atoms with Crippen LogP contribution in [-0.2, 0) is 13.1 Å². The molecule has 2 aromatic heterocycles. The van der Waals surface area contributed by atoms with Crippen LogP contribution >= 0.6 is 22.6 Å². The number of aliphatic hydroxyl groups is 1. The predicted octanol–water partition coefficient (Wildman–Crippen LogP) is 4.25. The molecule has 9 heteroatoms. The minimum atomic E-state index is -0.769. The number of nitrogens with two attached hydrogens (primary N) is 1. The van der Waals surface area contributed by atoms with Gasteiger partial charge in [0.25, 0.3) is 0 Å². The highest BCUT2D eigenvalue weighted by Gasteiger charge is 2.16. The number of aromatic nitrogens is 4. The highest BCUT2D eigenvalue weighted by atomic mass is 127. The van der Waals surface area contributed by atoms with E-state index in [4.69, 9.17) is 10.7 Å². The standard InChI is InChI=1S/C24H28IN7O/c1-24(2,33)10-11-27-23-30-21(28-13-17-12-18(25)8-9-19(17)26)20-22(31-23)32(15-29-20)14-16-6-4-3-5-7-16/h3-9,12,15,33H,10-11,13-14,26H2,1-2H3,(H2,27,28,30,31). The van der Waals surface area contributed by atoms with E-state index in [9.17, 15) is 5.11 Å². The molecular formula is C24H28IN7O. The van der Waals surface area contributed by atoms with Crippen molar-refractivity contribution in [3.63, 3.8) is 0 Å². The number of fused-ring (bicyclic) bond motifs is 1. The number of hydrogen-bond acceptors (Lipinski definition) is 7. The van der Waals surface area contributed by atoms with Crippen LogP contribution in [0.1, 0.15) is 31.4 Å². The summed E-state index contributed by atoms with van der Waals surface area (Å²) in [5, 5.41) is 16.7. The molecule has 0 aliphatic carbocycles. The third-order valence-electron chi connectivity index (χ3n) is 5.23. The maximum atomic E-state index is 10.0. The molecule has 0 aliphatic heterocycles. The summed E-state index contributed by atoms with van der Waals surface area (Å²) in [5.74, 6) is 1.12. The average molecular weight is 557 g/mol. The van der Waals surface area contributed by atoms with Gasteiger partial charge in [-0.05, 0) is 72.2 Å². The number of hydrogen-bond donors (Lipinski definition) is 4. The number of benzene rings is 2. The van der Waals surface area contributed by atoms with Crippen LogP contribution < -0.4 is 16.4 Å². The minimum Gasteiger partial charge on any atom is -0.398 e. The fraction of sp³-hybridized carbons (Fsp3) is 0.292. The van der Waals surface area contributed by atoms with E-state index in [-0.39, 0.29) is 0 Å². The van der Waals surface area contributed by atoms with E-state index in [0.29, 0.717) is 43.3 Å². The number of nitrogen functional groups attached to an aromatic ring is 1. The molecule has 0 aliphatic rings. The Labute approximate surface area is 206 Å². The summed E-state index contributed by atoms with van der Waals surface area (Å²) in [7, 11) is 0. The molecule has 2 heterocycles. The molecule has 0 unspecified atom stereocenters. The Kier molecular flexibility index (Phi) is 6.99. The summed E-state index contributed by atoms with van der Waals surface area (Å²) in [5.41, 5.74) is 9.71. The van der Waals surface area contributed by atoms with Crippen molar-refractivity contribution in [2.24, 2.45) is 0 Å². The average Bonchev–Trinajstić information content (AvgIpc) is 3.17. The van der Waals surface area contributed by atoms with Gasteiger partial charge in [-0.3, -0.25) is 0 Å². The normalized spacial score (nSPS) is 11.6. The van der Waals surface area contributed by atoms with E-state index >= 15 is 0 Å².